The van der Waals surface area contributed by atoms with Gasteiger partial charge in [-0.05, 0) is 86.3 Å². The third kappa shape index (κ3) is 6.95. The van der Waals surface area contributed by atoms with E-state index in [1.807, 2.05) is 0 Å². The van der Waals surface area contributed by atoms with Gasteiger partial charge in [0.15, 0.2) is 0 Å². The van der Waals surface area contributed by atoms with Crippen molar-refractivity contribution in [3.8, 4) is 5.75 Å². The van der Waals surface area contributed by atoms with E-state index >= 15 is 0 Å². The third-order valence-corrected chi connectivity index (χ3v) is 10.5. The van der Waals surface area contributed by atoms with E-state index in [0.29, 0.717) is 5.92 Å². The second-order valence-corrected chi connectivity index (χ2v) is 12.4. The van der Waals surface area contributed by atoms with Crippen molar-refractivity contribution >= 4 is 8.80 Å². The Morgan fingerprint density at radius 3 is 1.75 bits per heavy atom. The molecule has 8 heteroatoms. The van der Waals surface area contributed by atoms with Gasteiger partial charge in [0, 0.05) is 27.4 Å². The van der Waals surface area contributed by atoms with Crippen LogP contribution in [0.25, 0.3) is 0 Å². The first-order valence-electron chi connectivity index (χ1n) is 11.8. The van der Waals surface area contributed by atoms with Crippen LogP contribution < -0.4 is 4.74 Å². The topological polar surface area (TPSA) is 36.9 Å². The number of hydrogen-bond donors (Lipinski definition) is 0. The zero-order valence-corrected chi connectivity index (χ0v) is 20.5. The highest BCUT2D eigenvalue weighted by Crippen LogP contribution is 2.45. The molecule has 0 saturated heterocycles. The van der Waals surface area contributed by atoms with Crippen molar-refractivity contribution in [1.82, 2.24) is 0 Å². The first-order valence-corrected chi connectivity index (χ1v) is 13.7. The highest BCUT2D eigenvalue weighted by atomic mass is 28.4. The van der Waals surface area contributed by atoms with Gasteiger partial charge < -0.3 is 18.0 Å². The van der Waals surface area contributed by atoms with Crippen LogP contribution in [0, 0.1) is 17.8 Å². The third-order valence-electron chi connectivity index (χ3n) is 7.71. The van der Waals surface area contributed by atoms with Gasteiger partial charge in [-0.15, -0.1) is 13.2 Å². The smallest absolute Gasteiger partial charge is 0.406 e. The van der Waals surface area contributed by atoms with E-state index in [1.54, 1.807) is 33.5 Å². The predicted molar refractivity (Wildman–Crippen MR) is 119 cm³/mol. The van der Waals surface area contributed by atoms with Gasteiger partial charge in [-0.2, -0.15) is 0 Å². The van der Waals surface area contributed by atoms with Gasteiger partial charge in [0.2, 0.25) is 0 Å². The minimum Gasteiger partial charge on any atom is -0.406 e. The van der Waals surface area contributed by atoms with Crippen LogP contribution in [-0.4, -0.2) is 36.5 Å². The maximum atomic E-state index is 12.3. The van der Waals surface area contributed by atoms with Crippen LogP contribution in [0.1, 0.15) is 69.3 Å². The van der Waals surface area contributed by atoms with E-state index < -0.39 is 15.2 Å². The molecule has 1 aromatic carbocycles. The van der Waals surface area contributed by atoms with E-state index in [4.69, 9.17) is 13.3 Å². The number of halogens is 3. The molecule has 0 aromatic heterocycles. The molecule has 0 bridgehead atoms. The molecule has 0 atom stereocenters. The van der Waals surface area contributed by atoms with Gasteiger partial charge in [0.25, 0.3) is 0 Å². The Morgan fingerprint density at radius 1 is 0.781 bits per heavy atom. The average molecular weight is 475 g/mol. The van der Waals surface area contributed by atoms with Crippen LogP contribution in [0.2, 0.25) is 6.04 Å². The Hall–Kier alpha value is -1.09. The molecule has 0 heterocycles. The molecule has 0 amide bonds. The standard InChI is InChI=1S/C24H37F3O4Si/c1-28-32(29-2,30-3)17-16-18-4-6-19(7-5-18)20-8-10-21(11-9-20)22-12-14-23(15-13-22)31-24(25,26)27/h12-15,18-21H,4-11,16-17H2,1-3H3. The monoisotopic (exact) mass is 474 g/mol. The van der Waals surface area contributed by atoms with E-state index in [0.717, 1.165) is 48.6 Å². The summed E-state index contributed by atoms with van der Waals surface area (Å²) in [5, 5.41) is 0. The average Bonchev–Trinajstić information content (AvgIpc) is 2.80. The minimum absolute atomic E-state index is 0.145. The lowest BCUT2D eigenvalue weighted by Gasteiger charge is -2.38. The van der Waals surface area contributed by atoms with Crippen LogP contribution in [-0.2, 0) is 13.3 Å². The lowest BCUT2D eigenvalue weighted by Crippen LogP contribution is -2.43. The quantitative estimate of drug-likeness (QED) is 0.364. The van der Waals surface area contributed by atoms with Crippen LogP contribution in [0.15, 0.2) is 24.3 Å². The Bertz CT molecular complexity index is 669. The maximum absolute atomic E-state index is 12.3. The molecule has 0 N–H and O–H groups in total. The van der Waals surface area contributed by atoms with E-state index in [9.17, 15) is 13.2 Å². The molecule has 2 saturated carbocycles. The molecule has 0 unspecified atom stereocenters. The first kappa shape index (κ1) is 25.5. The van der Waals surface area contributed by atoms with Gasteiger partial charge in [-0.25, -0.2) is 0 Å². The molecule has 2 fully saturated rings. The van der Waals surface area contributed by atoms with Crippen molar-refractivity contribution in [3.05, 3.63) is 29.8 Å². The number of ether oxygens (including phenoxy) is 1. The zero-order valence-electron chi connectivity index (χ0n) is 19.5. The molecule has 182 valence electrons. The molecular formula is C24H37F3O4Si. The summed E-state index contributed by atoms with van der Waals surface area (Å²) in [5.41, 5.74) is 1.13. The summed E-state index contributed by atoms with van der Waals surface area (Å²) in [5.74, 6) is 2.62. The summed E-state index contributed by atoms with van der Waals surface area (Å²) < 4.78 is 57.7. The van der Waals surface area contributed by atoms with E-state index in [2.05, 4.69) is 4.74 Å². The second kappa shape index (κ2) is 11.4. The number of hydrogen-bond acceptors (Lipinski definition) is 4. The lowest BCUT2D eigenvalue weighted by atomic mass is 9.68. The molecule has 0 aliphatic heterocycles. The van der Waals surface area contributed by atoms with Gasteiger partial charge in [0.1, 0.15) is 5.75 Å². The number of rotatable bonds is 9. The van der Waals surface area contributed by atoms with E-state index in [1.165, 1.54) is 50.7 Å². The lowest BCUT2D eigenvalue weighted by molar-refractivity contribution is -0.274. The summed E-state index contributed by atoms with van der Waals surface area (Å²) in [6, 6.07) is 7.33. The van der Waals surface area contributed by atoms with E-state index in [-0.39, 0.29) is 5.75 Å². The van der Waals surface area contributed by atoms with Crippen molar-refractivity contribution in [2.75, 3.05) is 21.3 Å². The van der Waals surface area contributed by atoms with Gasteiger partial charge in [-0.3, -0.25) is 0 Å². The second-order valence-electron chi connectivity index (χ2n) is 9.34. The molecule has 4 nitrogen and oxygen atoms in total. The van der Waals surface area contributed by atoms with Crippen molar-refractivity contribution < 1.29 is 31.2 Å². The highest BCUT2D eigenvalue weighted by molar-refractivity contribution is 6.60. The van der Waals surface area contributed by atoms with Gasteiger partial charge >= 0.3 is 15.2 Å². The maximum Gasteiger partial charge on any atom is 0.573 e. The van der Waals surface area contributed by atoms with Crippen molar-refractivity contribution in [2.24, 2.45) is 17.8 Å². The largest absolute Gasteiger partial charge is 0.573 e. The van der Waals surface area contributed by atoms with Crippen LogP contribution in [0.4, 0.5) is 13.2 Å². The SMILES string of the molecule is CO[Si](CCC1CCC(C2CCC(c3ccc(OC(F)(F)F)cc3)CC2)CC1)(OC)OC. The Labute approximate surface area is 191 Å². The van der Waals surface area contributed by atoms with Crippen LogP contribution in [0.3, 0.4) is 0 Å². The summed E-state index contributed by atoms with van der Waals surface area (Å²) in [6.45, 7) is 0. The van der Waals surface area contributed by atoms with Gasteiger partial charge in [-0.1, -0.05) is 25.0 Å². The summed E-state index contributed by atoms with van der Waals surface area (Å²) >= 11 is 0. The molecule has 1 aromatic rings. The molecule has 2 aliphatic rings. The Balaban J connectivity index is 1.41. The molecule has 0 radical (unpaired) electrons. The first-order chi connectivity index (χ1) is 15.3. The number of benzene rings is 1. The van der Waals surface area contributed by atoms with Gasteiger partial charge in [0.05, 0.1) is 0 Å². The molecule has 3 rings (SSSR count). The fourth-order valence-electron chi connectivity index (χ4n) is 5.75. The summed E-state index contributed by atoms with van der Waals surface area (Å²) in [6.07, 6.45) is 6.27. The molecule has 0 spiro atoms. The molecule has 32 heavy (non-hydrogen) atoms. The fourth-order valence-corrected chi connectivity index (χ4v) is 7.63. The molecular weight excluding hydrogens is 437 g/mol. The Kier molecular flexibility index (Phi) is 9.06. The molecule has 2 aliphatic carbocycles. The van der Waals surface area contributed by atoms with Crippen LogP contribution in [0.5, 0.6) is 5.75 Å². The minimum atomic E-state index is -4.64. The number of alkyl halides is 3. The highest BCUT2D eigenvalue weighted by Gasteiger charge is 2.39. The summed E-state index contributed by atoms with van der Waals surface area (Å²) in [7, 11) is 2.56. The zero-order chi connectivity index (χ0) is 23.2. The normalized spacial score (nSPS) is 27.3. The Morgan fingerprint density at radius 2 is 1.28 bits per heavy atom. The predicted octanol–water partition coefficient (Wildman–Crippen LogP) is 6.93. The van der Waals surface area contributed by atoms with Crippen molar-refractivity contribution in [2.45, 2.75) is 76.1 Å². The van der Waals surface area contributed by atoms with Crippen molar-refractivity contribution in [3.63, 3.8) is 0 Å². The fraction of sp³-hybridized carbons (Fsp3) is 0.750. The summed E-state index contributed by atoms with van der Waals surface area (Å²) in [4.78, 5) is 0. The van der Waals surface area contributed by atoms with Crippen molar-refractivity contribution in [1.29, 1.82) is 0 Å². The van der Waals surface area contributed by atoms with Crippen LogP contribution >= 0.6 is 0 Å².